The van der Waals surface area contributed by atoms with Crippen molar-refractivity contribution in [3.63, 3.8) is 0 Å². The van der Waals surface area contributed by atoms with Gasteiger partial charge in [0.2, 0.25) is 0 Å². The van der Waals surface area contributed by atoms with Gasteiger partial charge in [-0.05, 0) is 49.4 Å². The van der Waals surface area contributed by atoms with Crippen LogP contribution in [0.15, 0.2) is 42.6 Å². The number of aromatic nitrogens is 2. The Balaban J connectivity index is 1.48. The highest BCUT2D eigenvalue weighted by atomic mass is 19.1. The van der Waals surface area contributed by atoms with Crippen molar-refractivity contribution < 1.29 is 9.50 Å². The fraction of sp³-hybridized carbons (Fsp3) is 0.480. The Hall–Kier alpha value is -2.24. The van der Waals surface area contributed by atoms with Crippen LogP contribution in [0, 0.1) is 5.82 Å². The van der Waals surface area contributed by atoms with E-state index in [1.165, 1.54) is 22.7 Å². The summed E-state index contributed by atoms with van der Waals surface area (Å²) in [5.74, 6) is -0.300. The molecule has 0 unspecified atom stereocenters. The number of aromatic amines is 1. The molecule has 2 saturated heterocycles. The number of piperidine rings is 1. The Morgan fingerprint density at radius 2 is 1.83 bits per heavy atom. The molecule has 3 aromatic rings. The van der Waals surface area contributed by atoms with Crippen molar-refractivity contribution in [2.75, 3.05) is 0 Å². The molecular weight excluding hydrogens is 377 g/mol. The van der Waals surface area contributed by atoms with Gasteiger partial charge in [-0.3, -0.25) is 4.90 Å². The summed E-state index contributed by atoms with van der Waals surface area (Å²) in [6.45, 7) is 7.51. The maximum atomic E-state index is 14.5. The molecule has 1 aromatic carbocycles. The van der Waals surface area contributed by atoms with Crippen LogP contribution in [0.5, 0.6) is 0 Å². The number of hydrogen-bond acceptors (Lipinski definition) is 3. The Labute approximate surface area is 177 Å². The molecule has 2 bridgehead atoms. The number of benzene rings is 1. The van der Waals surface area contributed by atoms with Crippen molar-refractivity contribution in [3.8, 4) is 0 Å². The quantitative estimate of drug-likeness (QED) is 0.641. The summed E-state index contributed by atoms with van der Waals surface area (Å²) >= 11 is 0. The van der Waals surface area contributed by atoms with Gasteiger partial charge in [0, 0.05) is 46.9 Å². The lowest BCUT2D eigenvalue weighted by Crippen LogP contribution is -2.49. The minimum Gasteiger partial charge on any atom is -0.385 e. The molecule has 0 amide bonds. The Morgan fingerprint density at radius 1 is 1.13 bits per heavy atom. The summed E-state index contributed by atoms with van der Waals surface area (Å²) in [6, 6.07) is 11.3. The van der Waals surface area contributed by atoms with Gasteiger partial charge < -0.3 is 10.1 Å². The number of pyridine rings is 1. The highest BCUT2D eigenvalue weighted by Gasteiger charge is 2.49. The van der Waals surface area contributed by atoms with Crippen LogP contribution in [-0.4, -0.2) is 32.1 Å². The van der Waals surface area contributed by atoms with E-state index in [1.54, 1.807) is 12.1 Å². The molecule has 4 heterocycles. The highest BCUT2D eigenvalue weighted by Crippen LogP contribution is 2.47. The molecule has 0 saturated carbocycles. The van der Waals surface area contributed by atoms with Crippen molar-refractivity contribution in [3.05, 3.63) is 65.2 Å². The molecule has 2 fully saturated rings. The van der Waals surface area contributed by atoms with Gasteiger partial charge in [-0.2, -0.15) is 0 Å². The molecule has 158 valence electrons. The van der Waals surface area contributed by atoms with Crippen LogP contribution in [0.2, 0.25) is 0 Å². The van der Waals surface area contributed by atoms with E-state index >= 15 is 0 Å². The zero-order chi connectivity index (χ0) is 21.1. The summed E-state index contributed by atoms with van der Waals surface area (Å²) in [6.07, 6.45) is 5.08. The zero-order valence-corrected chi connectivity index (χ0v) is 18.0. The molecule has 2 N–H and O–H groups in total. The van der Waals surface area contributed by atoms with Crippen LogP contribution in [0.4, 0.5) is 4.39 Å². The SMILES string of the molecule is CC(C)(C)c1[nH]c2ncccc2c1CN1[C@H]2CC[C@H]1CC(O)(c1ccccc1F)C2. The summed E-state index contributed by atoms with van der Waals surface area (Å²) in [5.41, 5.74) is 2.82. The van der Waals surface area contributed by atoms with E-state index < -0.39 is 5.60 Å². The normalized spacial score (nSPS) is 27.1. The second-order valence-corrected chi connectivity index (χ2v) is 10.1. The van der Waals surface area contributed by atoms with Crippen LogP contribution < -0.4 is 0 Å². The number of nitrogens with zero attached hydrogens (tertiary/aromatic N) is 2. The Bertz CT molecular complexity index is 1070. The van der Waals surface area contributed by atoms with Crippen LogP contribution in [0.25, 0.3) is 11.0 Å². The first kappa shape index (κ1) is 19.7. The number of nitrogens with one attached hydrogen (secondary N) is 1. The first-order chi connectivity index (χ1) is 14.3. The van der Waals surface area contributed by atoms with Crippen molar-refractivity contribution in [1.82, 2.24) is 14.9 Å². The average molecular weight is 408 g/mol. The van der Waals surface area contributed by atoms with Crippen molar-refractivity contribution in [1.29, 1.82) is 0 Å². The van der Waals surface area contributed by atoms with E-state index in [-0.39, 0.29) is 23.3 Å². The summed E-state index contributed by atoms with van der Waals surface area (Å²) in [5, 5.41) is 12.6. The molecule has 2 atom stereocenters. The smallest absolute Gasteiger partial charge is 0.137 e. The summed E-state index contributed by atoms with van der Waals surface area (Å²) in [7, 11) is 0. The lowest BCUT2D eigenvalue weighted by atomic mass is 9.80. The van der Waals surface area contributed by atoms with Crippen molar-refractivity contribution >= 4 is 11.0 Å². The Morgan fingerprint density at radius 3 is 2.50 bits per heavy atom. The van der Waals surface area contributed by atoms with E-state index in [1.807, 2.05) is 18.3 Å². The predicted molar refractivity (Wildman–Crippen MR) is 117 cm³/mol. The van der Waals surface area contributed by atoms with Crippen molar-refractivity contribution in [2.45, 2.75) is 76.1 Å². The van der Waals surface area contributed by atoms with Gasteiger partial charge in [0.05, 0.1) is 5.60 Å². The number of aliphatic hydroxyl groups is 1. The highest BCUT2D eigenvalue weighted by molar-refractivity contribution is 5.81. The van der Waals surface area contributed by atoms with E-state index in [9.17, 15) is 9.50 Å². The third-order valence-corrected chi connectivity index (χ3v) is 7.06. The van der Waals surface area contributed by atoms with E-state index in [0.29, 0.717) is 18.4 Å². The van der Waals surface area contributed by atoms with Crippen LogP contribution >= 0.6 is 0 Å². The van der Waals surface area contributed by atoms with Gasteiger partial charge in [0.1, 0.15) is 11.5 Å². The zero-order valence-electron chi connectivity index (χ0n) is 18.0. The molecule has 30 heavy (non-hydrogen) atoms. The monoisotopic (exact) mass is 407 g/mol. The third-order valence-electron chi connectivity index (χ3n) is 7.06. The fourth-order valence-electron chi connectivity index (χ4n) is 5.70. The summed E-state index contributed by atoms with van der Waals surface area (Å²) in [4.78, 5) is 10.6. The van der Waals surface area contributed by atoms with Crippen LogP contribution in [0.1, 0.15) is 63.3 Å². The molecule has 2 aromatic heterocycles. The number of halogens is 1. The first-order valence-corrected chi connectivity index (χ1v) is 11.0. The third kappa shape index (κ3) is 3.15. The molecule has 2 aliphatic rings. The maximum Gasteiger partial charge on any atom is 0.137 e. The molecule has 4 nitrogen and oxygen atoms in total. The van der Waals surface area contributed by atoms with Gasteiger partial charge in [0.25, 0.3) is 0 Å². The van der Waals surface area contributed by atoms with Crippen LogP contribution in [0.3, 0.4) is 0 Å². The summed E-state index contributed by atoms with van der Waals surface area (Å²) < 4.78 is 14.5. The molecule has 0 aliphatic carbocycles. The second-order valence-electron chi connectivity index (χ2n) is 10.1. The topological polar surface area (TPSA) is 52.2 Å². The van der Waals surface area contributed by atoms with Gasteiger partial charge >= 0.3 is 0 Å². The average Bonchev–Trinajstić information content (AvgIpc) is 3.18. The molecule has 2 aliphatic heterocycles. The van der Waals surface area contributed by atoms with Gasteiger partial charge in [-0.25, -0.2) is 9.37 Å². The Kier molecular flexibility index (Phi) is 4.53. The standard InChI is InChI=1S/C25H30FN3O/c1-24(2,3)22-19(18-7-6-12-27-23(18)28-22)15-29-16-10-11-17(29)14-25(30,13-16)20-8-4-5-9-21(20)26/h4-9,12,16-17,30H,10-11,13-15H2,1-3H3,(H,27,28)/t16-,17-/m0/s1. The van der Waals surface area contributed by atoms with E-state index in [4.69, 9.17) is 0 Å². The number of rotatable bonds is 3. The predicted octanol–water partition coefficient (Wildman–Crippen LogP) is 5.01. The van der Waals surface area contributed by atoms with Crippen molar-refractivity contribution in [2.24, 2.45) is 0 Å². The van der Waals surface area contributed by atoms with Gasteiger partial charge in [-0.15, -0.1) is 0 Å². The maximum absolute atomic E-state index is 14.5. The lowest BCUT2D eigenvalue weighted by molar-refractivity contribution is -0.0615. The van der Waals surface area contributed by atoms with E-state index in [0.717, 1.165) is 25.0 Å². The van der Waals surface area contributed by atoms with E-state index in [2.05, 4.69) is 41.7 Å². The number of hydrogen-bond donors (Lipinski definition) is 2. The number of fused-ring (bicyclic) bond motifs is 3. The molecule has 5 heteroatoms. The minimum atomic E-state index is -1.08. The lowest BCUT2D eigenvalue weighted by Gasteiger charge is -2.44. The fourth-order valence-corrected chi connectivity index (χ4v) is 5.70. The minimum absolute atomic E-state index is 0.0151. The number of H-pyrrole nitrogens is 1. The first-order valence-electron chi connectivity index (χ1n) is 11.0. The molecular formula is C25H30FN3O. The van der Waals surface area contributed by atoms with Gasteiger partial charge in [-0.1, -0.05) is 39.0 Å². The van der Waals surface area contributed by atoms with Gasteiger partial charge in [0.15, 0.2) is 0 Å². The van der Waals surface area contributed by atoms with Crippen LogP contribution in [-0.2, 0) is 17.6 Å². The molecule has 0 spiro atoms. The molecule has 0 radical (unpaired) electrons. The largest absolute Gasteiger partial charge is 0.385 e. The second kappa shape index (κ2) is 6.89. The molecule has 5 rings (SSSR count).